The van der Waals surface area contributed by atoms with E-state index in [1.54, 1.807) is 0 Å². The summed E-state index contributed by atoms with van der Waals surface area (Å²) in [6, 6.07) is 0. The number of alkyl halides is 1. The van der Waals surface area contributed by atoms with Gasteiger partial charge in [-0.2, -0.15) is 0 Å². The van der Waals surface area contributed by atoms with Crippen LogP contribution in [-0.4, -0.2) is 18.3 Å². The van der Waals surface area contributed by atoms with Crippen LogP contribution in [0.15, 0.2) is 12.2 Å². The van der Waals surface area contributed by atoms with Crippen molar-refractivity contribution in [3.8, 4) is 0 Å². The first-order valence-electron chi connectivity index (χ1n) is 4.30. The molecule has 1 atom stereocenters. The van der Waals surface area contributed by atoms with Crippen LogP contribution < -0.4 is 5.32 Å². The molecule has 0 aromatic rings. The minimum atomic E-state index is -0.0637. The molecule has 0 fully saturated rings. The molecule has 1 rings (SSSR count). The minimum absolute atomic E-state index is 0.0637. The summed E-state index contributed by atoms with van der Waals surface area (Å²) in [5.41, 5.74) is 0. The van der Waals surface area contributed by atoms with E-state index >= 15 is 0 Å². The van der Waals surface area contributed by atoms with E-state index < -0.39 is 0 Å². The minimum Gasteiger partial charge on any atom is -0.355 e. The molecule has 0 spiro atoms. The summed E-state index contributed by atoms with van der Waals surface area (Å²) in [4.78, 5) is 10.8. The SMILES string of the molecule is O=C(CCl)NCC1CC=CCC1. The molecule has 3 heteroatoms. The molecule has 12 heavy (non-hydrogen) atoms. The van der Waals surface area contributed by atoms with Gasteiger partial charge in [0.05, 0.1) is 0 Å². The topological polar surface area (TPSA) is 29.1 Å². The van der Waals surface area contributed by atoms with Crippen LogP contribution >= 0.6 is 11.6 Å². The van der Waals surface area contributed by atoms with E-state index in [0.29, 0.717) is 5.92 Å². The Morgan fingerprint density at radius 2 is 2.42 bits per heavy atom. The lowest BCUT2D eigenvalue weighted by atomic mass is 9.94. The van der Waals surface area contributed by atoms with Crippen molar-refractivity contribution in [1.29, 1.82) is 0 Å². The predicted octanol–water partition coefficient (Wildman–Crippen LogP) is 1.70. The smallest absolute Gasteiger partial charge is 0.234 e. The second-order valence-corrected chi connectivity index (χ2v) is 3.36. The van der Waals surface area contributed by atoms with Gasteiger partial charge in [0.25, 0.3) is 0 Å². The van der Waals surface area contributed by atoms with E-state index in [1.807, 2.05) is 0 Å². The Morgan fingerprint density at radius 3 is 3.00 bits per heavy atom. The largest absolute Gasteiger partial charge is 0.355 e. The number of allylic oxidation sites excluding steroid dienone is 2. The fourth-order valence-electron chi connectivity index (χ4n) is 1.35. The van der Waals surface area contributed by atoms with Gasteiger partial charge in [0.15, 0.2) is 0 Å². The van der Waals surface area contributed by atoms with Crippen molar-refractivity contribution < 1.29 is 4.79 Å². The maximum Gasteiger partial charge on any atom is 0.234 e. The van der Waals surface area contributed by atoms with Crippen molar-refractivity contribution in [2.45, 2.75) is 19.3 Å². The highest BCUT2D eigenvalue weighted by atomic mass is 35.5. The molecule has 1 unspecified atom stereocenters. The van der Waals surface area contributed by atoms with Gasteiger partial charge < -0.3 is 5.32 Å². The van der Waals surface area contributed by atoms with Crippen molar-refractivity contribution in [3.05, 3.63) is 12.2 Å². The molecule has 0 aromatic carbocycles. The van der Waals surface area contributed by atoms with Gasteiger partial charge in [0.2, 0.25) is 5.91 Å². The number of carbonyl (C=O) groups is 1. The maximum absolute atomic E-state index is 10.8. The Bertz CT molecular complexity index is 179. The summed E-state index contributed by atoms with van der Waals surface area (Å²) in [5, 5.41) is 2.80. The van der Waals surface area contributed by atoms with Crippen molar-refractivity contribution in [2.75, 3.05) is 12.4 Å². The van der Waals surface area contributed by atoms with Crippen LogP contribution in [0, 0.1) is 5.92 Å². The van der Waals surface area contributed by atoms with Crippen molar-refractivity contribution in [1.82, 2.24) is 5.32 Å². The number of amides is 1. The van der Waals surface area contributed by atoms with Gasteiger partial charge in [0.1, 0.15) is 5.88 Å². The molecule has 1 aliphatic carbocycles. The second kappa shape index (κ2) is 5.20. The molecule has 0 aromatic heterocycles. The fraction of sp³-hybridized carbons (Fsp3) is 0.667. The first kappa shape index (κ1) is 9.59. The average molecular weight is 188 g/mol. The molecular formula is C9H14ClNO. The van der Waals surface area contributed by atoms with Crippen LogP contribution in [0.25, 0.3) is 0 Å². The summed E-state index contributed by atoms with van der Waals surface area (Å²) in [6.45, 7) is 0.774. The van der Waals surface area contributed by atoms with E-state index in [2.05, 4.69) is 17.5 Å². The number of hydrogen-bond donors (Lipinski definition) is 1. The molecular weight excluding hydrogens is 174 g/mol. The summed E-state index contributed by atoms with van der Waals surface area (Å²) in [5.74, 6) is 0.621. The first-order chi connectivity index (χ1) is 5.83. The summed E-state index contributed by atoms with van der Waals surface area (Å²) >= 11 is 5.34. The molecule has 68 valence electrons. The molecule has 0 radical (unpaired) electrons. The lowest BCUT2D eigenvalue weighted by Gasteiger charge is -2.17. The molecule has 1 amide bonds. The number of carbonyl (C=O) groups excluding carboxylic acids is 1. The fourth-order valence-corrected chi connectivity index (χ4v) is 1.44. The standard InChI is InChI=1S/C9H14ClNO/c10-6-9(12)11-7-8-4-2-1-3-5-8/h1-2,8H,3-7H2,(H,11,12). The average Bonchev–Trinajstić information content (AvgIpc) is 2.16. The highest BCUT2D eigenvalue weighted by molar-refractivity contribution is 6.27. The zero-order valence-electron chi connectivity index (χ0n) is 7.05. The summed E-state index contributed by atoms with van der Waals surface area (Å²) in [7, 11) is 0. The zero-order chi connectivity index (χ0) is 8.81. The number of halogens is 1. The highest BCUT2D eigenvalue weighted by Crippen LogP contribution is 2.16. The Hall–Kier alpha value is -0.500. The number of rotatable bonds is 3. The van der Waals surface area contributed by atoms with Gasteiger partial charge in [0, 0.05) is 6.54 Å². The Morgan fingerprint density at radius 1 is 1.58 bits per heavy atom. The molecule has 1 aliphatic rings. The lowest BCUT2D eigenvalue weighted by Crippen LogP contribution is -2.30. The second-order valence-electron chi connectivity index (χ2n) is 3.09. The van der Waals surface area contributed by atoms with Crippen LogP contribution in [0.4, 0.5) is 0 Å². The van der Waals surface area contributed by atoms with Gasteiger partial charge in [-0.05, 0) is 25.2 Å². The Labute approximate surface area is 78.0 Å². The quantitative estimate of drug-likeness (QED) is 0.529. The van der Waals surface area contributed by atoms with Gasteiger partial charge in [-0.15, -0.1) is 11.6 Å². The normalized spacial score (nSPS) is 22.2. The number of nitrogens with one attached hydrogen (secondary N) is 1. The van der Waals surface area contributed by atoms with E-state index in [-0.39, 0.29) is 11.8 Å². The predicted molar refractivity (Wildman–Crippen MR) is 50.2 cm³/mol. The van der Waals surface area contributed by atoms with Gasteiger partial charge in [-0.25, -0.2) is 0 Å². The Balaban J connectivity index is 2.14. The van der Waals surface area contributed by atoms with E-state index in [4.69, 9.17) is 11.6 Å². The summed E-state index contributed by atoms with van der Waals surface area (Å²) < 4.78 is 0. The molecule has 0 saturated heterocycles. The van der Waals surface area contributed by atoms with Crippen LogP contribution in [0.5, 0.6) is 0 Å². The van der Waals surface area contributed by atoms with Gasteiger partial charge in [-0.1, -0.05) is 12.2 Å². The van der Waals surface area contributed by atoms with Gasteiger partial charge >= 0.3 is 0 Å². The highest BCUT2D eigenvalue weighted by Gasteiger charge is 2.10. The van der Waals surface area contributed by atoms with Crippen molar-refractivity contribution in [2.24, 2.45) is 5.92 Å². The Kier molecular flexibility index (Phi) is 4.15. The zero-order valence-corrected chi connectivity index (χ0v) is 7.81. The van der Waals surface area contributed by atoms with Crippen LogP contribution in [-0.2, 0) is 4.79 Å². The first-order valence-corrected chi connectivity index (χ1v) is 4.84. The third kappa shape index (κ3) is 3.26. The van der Waals surface area contributed by atoms with E-state index in [9.17, 15) is 4.79 Å². The van der Waals surface area contributed by atoms with Crippen LogP contribution in [0.3, 0.4) is 0 Å². The van der Waals surface area contributed by atoms with Crippen molar-refractivity contribution in [3.63, 3.8) is 0 Å². The summed E-state index contributed by atoms with van der Waals surface area (Å²) in [6.07, 6.45) is 7.78. The third-order valence-corrected chi connectivity index (χ3v) is 2.33. The third-order valence-electron chi connectivity index (χ3n) is 2.09. The van der Waals surface area contributed by atoms with Crippen LogP contribution in [0.1, 0.15) is 19.3 Å². The van der Waals surface area contributed by atoms with Crippen molar-refractivity contribution >= 4 is 17.5 Å². The maximum atomic E-state index is 10.8. The molecule has 0 bridgehead atoms. The molecule has 1 N–H and O–H groups in total. The van der Waals surface area contributed by atoms with Crippen LogP contribution in [0.2, 0.25) is 0 Å². The monoisotopic (exact) mass is 187 g/mol. The van der Waals surface area contributed by atoms with E-state index in [1.165, 1.54) is 6.42 Å². The van der Waals surface area contributed by atoms with Gasteiger partial charge in [-0.3, -0.25) is 4.79 Å². The molecule has 0 heterocycles. The lowest BCUT2D eigenvalue weighted by molar-refractivity contribution is -0.118. The molecule has 0 saturated carbocycles. The molecule has 0 aliphatic heterocycles. The van der Waals surface area contributed by atoms with E-state index in [0.717, 1.165) is 19.4 Å². The number of hydrogen-bond acceptors (Lipinski definition) is 1. The molecule has 2 nitrogen and oxygen atoms in total.